The molecule has 2 heterocycles. The van der Waals surface area contributed by atoms with Crippen LogP contribution in [0.4, 0.5) is 5.88 Å². The van der Waals surface area contributed by atoms with Gasteiger partial charge >= 0.3 is 0 Å². The molecule has 0 spiro atoms. The first-order chi connectivity index (χ1) is 15.0. The number of halogens is 1. The molecule has 31 heavy (non-hydrogen) atoms. The van der Waals surface area contributed by atoms with E-state index < -0.39 is 9.84 Å². The quantitative estimate of drug-likeness (QED) is 0.507. The van der Waals surface area contributed by atoms with Gasteiger partial charge in [0, 0.05) is 24.5 Å². The fraction of sp³-hybridized carbons (Fsp3) is 0.348. The van der Waals surface area contributed by atoms with E-state index in [9.17, 15) is 8.42 Å². The molecule has 3 aromatic rings. The molecule has 0 radical (unpaired) electrons. The summed E-state index contributed by atoms with van der Waals surface area (Å²) in [6.45, 7) is 1.50. The summed E-state index contributed by atoms with van der Waals surface area (Å²) in [5, 5.41) is 0.451. The van der Waals surface area contributed by atoms with E-state index in [1.807, 2.05) is 29.2 Å². The Morgan fingerprint density at radius 3 is 2.26 bits per heavy atom. The lowest BCUT2D eigenvalue weighted by Gasteiger charge is -2.20. The van der Waals surface area contributed by atoms with Gasteiger partial charge in [-0.2, -0.15) is 4.98 Å². The molecular weight excluding hydrogens is 436 g/mol. The highest BCUT2D eigenvalue weighted by molar-refractivity contribution is 7.91. The molecule has 164 valence electrons. The first-order valence-corrected chi connectivity index (χ1v) is 12.2. The minimum atomic E-state index is -3.85. The molecule has 1 aliphatic heterocycles. The Morgan fingerprint density at radius 1 is 1.00 bits per heavy atom. The first kappa shape index (κ1) is 21.7. The number of ether oxygens (including phenoxy) is 1. The Hall–Kier alpha value is -2.51. The van der Waals surface area contributed by atoms with Gasteiger partial charge in [-0.3, -0.25) is 0 Å². The molecule has 0 saturated carbocycles. The Labute approximate surface area is 187 Å². The zero-order valence-corrected chi connectivity index (χ0v) is 19.0. The molecule has 6 nitrogen and oxygen atoms in total. The number of rotatable bonds is 6. The standard InChI is InChI=1S/C23H25ClN2O4S/c1-29-19-10-6-17(7-11-19)16-21-25-22(23(30-21)26-14-4-2-3-5-15-26)31(27,28)20-12-8-18(24)9-13-20/h6-13H,2-5,14-16H2,1H3. The van der Waals surface area contributed by atoms with Crippen molar-refractivity contribution < 1.29 is 17.6 Å². The Morgan fingerprint density at radius 2 is 1.65 bits per heavy atom. The van der Waals surface area contributed by atoms with Crippen LogP contribution < -0.4 is 9.64 Å². The van der Waals surface area contributed by atoms with Crippen molar-refractivity contribution in [2.24, 2.45) is 0 Å². The van der Waals surface area contributed by atoms with Gasteiger partial charge in [0.15, 0.2) is 0 Å². The van der Waals surface area contributed by atoms with Crippen LogP contribution in [0.25, 0.3) is 0 Å². The SMILES string of the molecule is COc1ccc(Cc2nc(S(=O)(=O)c3ccc(Cl)cc3)c(N3CCCCCC3)o2)cc1. The molecule has 1 fully saturated rings. The molecule has 2 aromatic carbocycles. The number of methoxy groups -OCH3 is 1. The van der Waals surface area contributed by atoms with Crippen LogP contribution in [-0.4, -0.2) is 33.6 Å². The summed E-state index contributed by atoms with van der Waals surface area (Å²) in [6.07, 6.45) is 4.64. The second-order valence-corrected chi connectivity index (χ2v) is 9.90. The lowest BCUT2D eigenvalue weighted by molar-refractivity contribution is 0.414. The van der Waals surface area contributed by atoms with E-state index in [0.717, 1.165) is 50.1 Å². The van der Waals surface area contributed by atoms with Crippen LogP contribution in [0.5, 0.6) is 5.75 Å². The fourth-order valence-electron chi connectivity index (χ4n) is 3.71. The molecule has 0 atom stereocenters. The van der Waals surface area contributed by atoms with Gasteiger partial charge in [-0.05, 0) is 54.8 Å². The Bertz CT molecular complexity index is 1120. The normalized spacial score (nSPS) is 15.0. The van der Waals surface area contributed by atoms with Crippen molar-refractivity contribution in [2.45, 2.75) is 42.0 Å². The third-order valence-electron chi connectivity index (χ3n) is 5.41. The largest absolute Gasteiger partial charge is 0.497 e. The highest BCUT2D eigenvalue weighted by Gasteiger charge is 2.31. The fourth-order valence-corrected chi connectivity index (χ4v) is 5.17. The zero-order chi connectivity index (χ0) is 21.8. The second-order valence-electron chi connectivity index (χ2n) is 7.60. The number of oxazole rings is 1. The van der Waals surface area contributed by atoms with E-state index in [0.29, 0.717) is 23.2 Å². The topological polar surface area (TPSA) is 72.6 Å². The summed E-state index contributed by atoms with van der Waals surface area (Å²) in [5.41, 5.74) is 0.958. The molecule has 0 aliphatic carbocycles. The summed E-state index contributed by atoms with van der Waals surface area (Å²) >= 11 is 5.95. The van der Waals surface area contributed by atoms with Gasteiger partial charge in [0.25, 0.3) is 0 Å². The summed E-state index contributed by atoms with van der Waals surface area (Å²) in [7, 11) is -2.24. The maximum atomic E-state index is 13.4. The first-order valence-electron chi connectivity index (χ1n) is 10.4. The predicted molar refractivity (Wildman–Crippen MR) is 120 cm³/mol. The maximum absolute atomic E-state index is 13.4. The van der Waals surface area contributed by atoms with Gasteiger partial charge in [0.2, 0.25) is 26.6 Å². The van der Waals surface area contributed by atoms with E-state index in [1.165, 1.54) is 12.1 Å². The van der Waals surface area contributed by atoms with Crippen LogP contribution in [0.3, 0.4) is 0 Å². The lowest BCUT2D eigenvalue weighted by Crippen LogP contribution is -2.25. The van der Waals surface area contributed by atoms with Crippen LogP contribution in [0.2, 0.25) is 5.02 Å². The van der Waals surface area contributed by atoms with Crippen molar-refractivity contribution in [1.29, 1.82) is 0 Å². The highest BCUT2D eigenvalue weighted by Crippen LogP contribution is 2.33. The number of benzene rings is 2. The molecule has 1 aromatic heterocycles. The number of aromatic nitrogens is 1. The molecule has 8 heteroatoms. The molecule has 1 aliphatic rings. The average Bonchev–Trinajstić information content (AvgIpc) is 3.01. The van der Waals surface area contributed by atoms with Crippen molar-refractivity contribution in [3.8, 4) is 5.75 Å². The average molecular weight is 461 g/mol. The van der Waals surface area contributed by atoms with E-state index in [1.54, 1.807) is 19.2 Å². The van der Waals surface area contributed by atoms with Gasteiger partial charge in [-0.15, -0.1) is 0 Å². The molecule has 0 N–H and O–H groups in total. The van der Waals surface area contributed by atoms with Crippen molar-refractivity contribution >= 4 is 27.3 Å². The predicted octanol–water partition coefficient (Wildman–Crippen LogP) is 5.14. The summed E-state index contributed by atoms with van der Waals surface area (Å²) in [5.74, 6) is 1.46. The smallest absolute Gasteiger partial charge is 0.236 e. The van der Waals surface area contributed by atoms with E-state index in [-0.39, 0.29) is 9.92 Å². The monoisotopic (exact) mass is 460 g/mol. The van der Waals surface area contributed by atoms with E-state index in [2.05, 4.69) is 4.98 Å². The maximum Gasteiger partial charge on any atom is 0.236 e. The van der Waals surface area contributed by atoms with Gasteiger partial charge in [-0.1, -0.05) is 36.6 Å². The molecule has 4 rings (SSSR count). The minimum Gasteiger partial charge on any atom is -0.497 e. The number of hydrogen-bond donors (Lipinski definition) is 0. The number of nitrogens with zero attached hydrogens (tertiary/aromatic N) is 2. The van der Waals surface area contributed by atoms with Gasteiger partial charge in [0.05, 0.1) is 12.0 Å². The van der Waals surface area contributed by atoms with Crippen molar-refractivity contribution in [3.63, 3.8) is 0 Å². The highest BCUT2D eigenvalue weighted by atomic mass is 35.5. The van der Waals surface area contributed by atoms with E-state index in [4.69, 9.17) is 20.8 Å². The van der Waals surface area contributed by atoms with Gasteiger partial charge in [-0.25, -0.2) is 8.42 Å². The Balaban J connectivity index is 1.73. The molecule has 1 saturated heterocycles. The number of hydrogen-bond acceptors (Lipinski definition) is 6. The summed E-state index contributed by atoms with van der Waals surface area (Å²) in [6, 6.07) is 13.7. The van der Waals surface area contributed by atoms with Crippen molar-refractivity contribution in [2.75, 3.05) is 25.1 Å². The molecule has 0 bridgehead atoms. The van der Waals surface area contributed by atoms with Crippen molar-refractivity contribution in [3.05, 3.63) is 65.0 Å². The van der Waals surface area contributed by atoms with Gasteiger partial charge in [0.1, 0.15) is 5.75 Å². The summed E-state index contributed by atoms with van der Waals surface area (Å²) < 4.78 is 38.2. The second kappa shape index (κ2) is 9.32. The number of sulfone groups is 1. The minimum absolute atomic E-state index is 0.0276. The molecule has 0 amide bonds. The number of anilines is 1. The van der Waals surface area contributed by atoms with Gasteiger partial charge < -0.3 is 14.1 Å². The van der Waals surface area contributed by atoms with Crippen LogP contribution >= 0.6 is 11.6 Å². The summed E-state index contributed by atoms with van der Waals surface area (Å²) in [4.78, 5) is 6.63. The van der Waals surface area contributed by atoms with Crippen LogP contribution in [0, 0.1) is 0 Å². The molecular formula is C23H25ClN2O4S. The third-order valence-corrected chi connectivity index (χ3v) is 7.33. The Kier molecular flexibility index (Phi) is 6.53. The third kappa shape index (κ3) is 4.88. The van der Waals surface area contributed by atoms with Crippen LogP contribution in [0.1, 0.15) is 37.1 Å². The molecule has 0 unspecified atom stereocenters. The van der Waals surface area contributed by atoms with Crippen LogP contribution in [0.15, 0.2) is 62.9 Å². The zero-order valence-electron chi connectivity index (χ0n) is 17.4. The van der Waals surface area contributed by atoms with Crippen LogP contribution in [-0.2, 0) is 16.3 Å². The van der Waals surface area contributed by atoms with Crippen molar-refractivity contribution in [1.82, 2.24) is 4.98 Å². The lowest BCUT2D eigenvalue weighted by atomic mass is 10.1. The van der Waals surface area contributed by atoms with E-state index >= 15 is 0 Å².